The van der Waals surface area contributed by atoms with Crippen molar-refractivity contribution in [2.45, 2.75) is 32.2 Å². The van der Waals surface area contributed by atoms with Crippen molar-refractivity contribution in [3.63, 3.8) is 0 Å². The van der Waals surface area contributed by atoms with Crippen LogP contribution in [0.15, 0.2) is 30.5 Å². The van der Waals surface area contributed by atoms with Crippen LogP contribution in [0.4, 0.5) is 23.0 Å². The van der Waals surface area contributed by atoms with Crippen LogP contribution >= 0.6 is 0 Å². The van der Waals surface area contributed by atoms with Gasteiger partial charge < -0.3 is 30.7 Å². The number of piperidine rings is 1. The zero-order valence-electron chi connectivity index (χ0n) is 21.8. The van der Waals surface area contributed by atoms with Gasteiger partial charge >= 0.3 is 0 Å². The van der Waals surface area contributed by atoms with Crippen LogP contribution in [0.3, 0.4) is 0 Å². The average Bonchev–Trinajstić information content (AvgIpc) is 2.86. The van der Waals surface area contributed by atoms with Gasteiger partial charge in [0.15, 0.2) is 11.5 Å². The molecular weight excluding hydrogens is 456 g/mol. The Labute approximate surface area is 213 Å². The molecule has 10 heteroatoms. The average molecular weight is 495 g/mol. The Balaban J connectivity index is 1.52. The summed E-state index contributed by atoms with van der Waals surface area (Å²) in [6.45, 7) is 7.03. The molecule has 3 heterocycles. The molecule has 4 rings (SSSR count). The van der Waals surface area contributed by atoms with Crippen molar-refractivity contribution < 1.29 is 9.59 Å². The Morgan fingerprint density at radius 1 is 1.11 bits per heavy atom. The van der Waals surface area contributed by atoms with E-state index in [1.165, 1.54) is 5.69 Å². The molecule has 0 aliphatic carbocycles. The van der Waals surface area contributed by atoms with E-state index in [4.69, 9.17) is 10.7 Å². The third-order valence-corrected chi connectivity index (χ3v) is 7.37. The predicted octanol–water partition coefficient (Wildman–Crippen LogP) is 2.15. The molecule has 0 saturated carbocycles. The number of primary amides is 1. The van der Waals surface area contributed by atoms with Gasteiger partial charge in [-0.3, -0.25) is 9.59 Å². The topological polar surface area (TPSA) is 111 Å². The summed E-state index contributed by atoms with van der Waals surface area (Å²) in [7, 11) is 5.72. The number of nitrogens with zero attached hydrogens (tertiary/aromatic N) is 6. The summed E-state index contributed by atoms with van der Waals surface area (Å²) < 4.78 is 0. The summed E-state index contributed by atoms with van der Waals surface area (Å²) in [4.78, 5) is 42.1. The molecule has 0 radical (unpaired) electrons. The maximum absolute atomic E-state index is 12.3. The first kappa shape index (κ1) is 25.7. The second kappa shape index (κ2) is 11.1. The van der Waals surface area contributed by atoms with Crippen LogP contribution in [-0.2, 0) is 4.79 Å². The van der Waals surface area contributed by atoms with Crippen molar-refractivity contribution in [3.05, 3.63) is 36.2 Å². The van der Waals surface area contributed by atoms with Gasteiger partial charge in [0.1, 0.15) is 5.82 Å². The number of hydrogen-bond acceptors (Lipinski definition) is 8. The molecular formula is C26H38N8O2. The molecule has 2 amide bonds. The number of rotatable bonds is 7. The number of nitrogens with two attached hydrogens (primary N) is 1. The fraction of sp³-hybridized carbons (Fsp3) is 0.538. The zero-order valence-corrected chi connectivity index (χ0v) is 21.8. The normalized spacial score (nSPS) is 20.8. The van der Waals surface area contributed by atoms with Gasteiger partial charge in [0.05, 0.1) is 6.20 Å². The van der Waals surface area contributed by atoms with Crippen LogP contribution in [0.1, 0.15) is 36.7 Å². The maximum Gasteiger partial charge on any atom is 0.271 e. The van der Waals surface area contributed by atoms with Gasteiger partial charge in [-0.15, -0.1) is 0 Å². The van der Waals surface area contributed by atoms with E-state index < -0.39 is 5.91 Å². The van der Waals surface area contributed by atoms with Crippen LogP contribution in [-0.4, -0.2) is 91.5 Å². The number of nitrogens with one attached hydrogen (secondary N) is 1. The van der Waals surface area contributed by atoms with Gasteiger partial charge in [0.25, 0.3) is 5.91 Å². The van der Waals surface area contributed by atoms with E-state index in [2.05, 4.69) is 51.1 Å². The van der Waals surface area contributed by atoms with E-state index in [1.54, 1.807) is 25.2 Å². The van der Waals surface area contributed by atoms with Crippen molar-refractivity contribution in [1.82, 2.24) is 19.8 Å². The number of piperazine rings is 1. The van der Waals surface area contributed by atoms with Gasteiger partial charge in [-0.25, -0.2) is 9.97 Å². The number of anilines is 4. The number of carbonyl (C=O) groups is 2. The monoisotopic (exact) mass is 494 g/mol. The van der Waals surface area contributed by atoms with Crippen LogP contribution in [0.25, 0.3) is 0 Å². The molecule has 10 nitrogen and oxygen atoms in total. The molecule has 2 aliphatic rings. The van der Waals surface area contributed by atoms with Crippen LogP contribution in [0.5, 0.6) is 0 Å². The minimum Gasteiger partial charge on any atom is -0.369 e. The largest absolute Gasteiger partial charge is 0.369 e. The summed E-state index contributed by atoms with van der Waals surface area (Å²) >= 11 is 0. The van der Waals surface area contributed by atoms with E-state index in [-0.39, 0.29) is 23.6 Å². The first-order chi connectivity index (χ1) is 17.2. The van der Waals surface area contributed by atoms with Crippen molar-refractivity contribution in [2.24, 2.45) is 11.7 Å². The fourth-order valence-electron chi connectivity index (χ4n) is 4.97. The first-order valence-corrected chi connectivity index (χ1v) is 12.7. The second-order valence-electron chi connectivity index (χ2n) is 10.1. The van der Waals surface area contributed by atoms with E-state index >= 15 is 0 Å². The van der Waals surface area contributed by atoms with Gasteiger partial charge in [0, 0.05) is 70.7 Å². The Morgan fingerprint density at radius 2 is 1.81 bits per heavy atom. The molecule has 2 saturated heterocycles. The molecule has 1 aromatic carbocycles. The number of aromatic nitrogens is 2. The number of hydrogen-bond donors (Lipinski definition) is 2. The van der Waals surface area contributed by atoms with Crippen LogP contribution in [0, 0.1) is 5.92 Å². The molecule has 2 aliphatic heterocycles. The third-order valence-electron chi connectivity index (χ3n) is 7.37. The molecule has 194 valence electrons. The van der Waals surface area contributed by atoms with Crippen molar-refractivity contribution >= 4 is 34.8 Å². The van der Waals surface area contributed by atoms with Gasteiger partial charge in [-0.05, 0) is 57.0 Å². The smallest absolute Gasteiger partial charge is 0.271 e. The Bertz CT molecular complexity index is 1070. The SMILES string of the molecule is C[C@@H]1[C@H](CC(=O)N(C)C)CCCN1c1cnc(C(N)=O)c(Nc2ccc(N3CCN(C)CC3)cc2)n1. The summed E-state index contributed by atoms with van der Waals surface area (Å²) in [6, 6.07) is 8.24. The molecule has 3 N–H and O–H groups in total. The highest BCUT2D eigenvalue weighted by Gasteiger charge is 2.31. The number of carbonyl (C=O) groups excluding carboxylic acids is 2. The van der Waals surface area contributed by atoms with Crippen molar-refractivity contribution in [3.8, 4) is 0 Å². The first-order valence-electron chi connectivity index (χ1n) is 12.7. The number of amides is 2. The molecule has 2 aromatic rings. The maximum atomic E-state index is 12.3. The molecule has 2 fully saturated rings. The molecule has 0 spiro atoms. The van der Waals surface area contributed by atoms with Gasteiger partial charge in [-0.1, -0.05) is 0 Å². The molecule has 36 heavy (non-hydrogen) atoms. The standard InChI is InChI=1S/C26H38N8O2/c1-18-19(16-23(35)31(2)3)6-5-11-34(18)22-17-28-24(25(27)36)26(30-22)29-20-7-9-21(10-8-20)33-14-12-32(4)13-15-33/h7-10,17-19H,5-6,11-16H2,1-4H3,(H2,27,36)(H,29,30)/t18-,19+/m1/s1. The Morgan fingerprint density at radius 3 is 2.44 bits per heavy atom. The zero-order chi connectivity index (χ0) is 25.8. The van der Waals surface area contributed by atoms with Crippen molar-refractivity contribution in [1.29, 1.82) is 0 Å². The molecule has 1 aromatic heterocycles. The highest BCUT2D eigenvalue weighted by Crippen LogP contribution is 2.31. The Kier molecular flexibility index (Phi) is 7.93. The second-order valence-corrected chi connectivity index (χ2v) is 10.1. The van der Waals surface area contributed by atoms with E-state index in [0.29, 0.717) is 18.1 Å². The Hall–Kier alpha value is -3.40. The van der Waals surface area contributed by atoms with Crippen LogP contribution < -0.4 is 20.9 Å². The molecule has 2 atom stereocenters. The lowest BCUT2D eigenvalue weighted by Gasteiger charge is -2.40. The van der Waals surface area contributed by atoms with E-state index in [0.717, 1.165) is 51.3 Å². The molecule has 0 unspecified atom stereocenters. The minimum atomic E-state index is -0.633. The lowest BCUT2D eigenvalue weighted by molar-refractivity contribution is -0.130. The van der Waals surface area contributed by atoms with Crippen LogP contribution in [0.2, 0.25) is 0 Å². The molecule has 0 bridgehead atoms. The van der Waals surface area contributed by atoms with E-state index in [1.807, 2.05) is 12.1 Å². The van der Waals surface area contributed by atoms with E-state index in [9.17, 15) is 9.59 Å². The highest BCUT2D eigenvalue weighted by atomic mass is 16.2. The number of likely N-dealkylation sites (N-methyl/N-ethyl adjacent to an activating group) is 1. The number of benzene rings is 1. The van der Waals surface area contributed by atoms with Gasteiger partial charge in [0.2, 0.25) is 5.91 Å². The third kappa shape index (κ3) is 5.87. The summed E-state index contributed by atoms with van der Waals surface area (Å²) in [6.07, 6.45) is 4.07. The summed E-state index contributed by atoms with van der Waals surface area (Å²) in [5.74, 6) is 0.736. The lowest BCUT2D eigenvalue weighted by atomic mass is 9.87. The lowest BCUT2D eigenvalue weighted by Crippen LogP contribution is -2.45. The fourth-order valence-corrected chi connectivity index (χ4v) is 4.97. The van der Waals surface area contributed by atoms with Gasteiger partial charge in [-0.2, -0.15) is 0 Å². The van der Waals surface area contributed by atoms with Crippen molar-refractivity contribution in [2.75, 3.05) is 69.0 Å². The summed E-state index contributed by atoms with van der Waals surface area (Å²) in [5.41, 5.74) is 7.70. The quantitative estimate of drug-likeness (QED) is 0.602. The highest BCUT2D eigenvalue weighted by molar-refractivity contribution is 5.96. The minimum absolute atomic E-state index is 0.103. The predicted molar refractivity (Wildman–Crippen MR) is 143 cm³/mol. The summed E-state index contributed by atoms with van der Waals surface area (Å²) in [5, 5.41) is 3.26.